The Labute approximate surface area is 112 Å². The molecule has 100 valence electrons. The Morgan fingerprint density at radius 2 is 2.16 bits per heavy atom. The molecule has 0 unspecified atom stereocenters. The summed E-state index contributed by atoms with van der Waals surface area (Å²) in [7, 11) is 3.38. The van der Waals surface area contributed by atoms with Crippen molar-refractivity contribution < 1.29 is 13.9 Å². The minimum absolute atomic E-state index is 0.0460. The standard InChI is InChI=1S/C15H17NO3/c1-16(11-14-7-4-8-19-14)15(17)10-12-5-3-6-13(9-12)18-2/h3-9H,10-11H2,1-2H3. The summed E-state index contributed by atoms with van der Waals surface area (Å²) >= 11 is 0. The molecule has 0 radical (unpaired) electrons. The van der Waals surface area contributed by atoms with Crippen LogP contribution in [0.4, 0.5) is 0 Å². The molecular weight excluding hydrogens is 242 g/mol. The van der Waals surface area contributed by atoms with E-state index in [1.165, 1.54) is 0 Å². The lowest BCUT2D eigenvalue weighted by Gasteiger charge is -2.15. The molecule has 0 fully saturated rings. The van der Waals surface area contributed by atoms with Gasteiger partial charge in [-0.2, -0.15) is 0 Å². The van der Waals surface area contributed by atoms with Gasteiger partial charge in [0.1, 0.15) is 11.5 Å². The van der Waals surface area contributed by atoms with Crippen molar-refractivity contribution in [2.75, 3.05) is 14.2 Å². The van der Waals surface area contributed by atoms with Gasteiger partial charge in [-0.15, -0.1) is 0 Å². The summed E-state index contributed by atoms with van der Waals surface area (Å²) in [6.45, 7) is 0.482. The van der Waals surface area contributed by atoms with Gasteiger partial charge in [-0.3, -0.25) is 4.79 Å². The maximum Gasteiger partial charge on any atom is 0.227 e. The number of rotatable bonds is 5. The second kappa shape index (κ2) is 6.09. The summed E-state index contributed by atoms with van der Waals surface area (Å²) in [5.41, 5.74) is 0.940. The topological polar surface area (TPSA) is 42.7 Å². The molecule has 1 aromatic carbocycles. The summed E-state index contributed by atoms with van der Waals surface area (Å²) in [6, 6.07) is 11.2. The van der Waals surface area contributed by atoms with Crippen LogP contribution in [-0.2, 0) is 17.8 Å². The Morgan fingerprint density at radius 3 is 2.84 bits per heavy atom. The lowest BCUT2D eigenvalue weighted by atomic mass is 10.1. The number of carbonyl (C=O) groups excluding carboxylic acids is 1. The van der Waals surface area contributed by atoms with E-state index < -0.39 is 0 Å². The van der Waals surface area contributed by atoms with Gasteiger partial charge in [0.2, 0.25) is 5.91 Å². The van der Waals surface area contributed by atoms with Gasteiger partial charge in [-0.25, -0.2) is 0 Å². The monoisotopic (exact) mass is 259 g/mol. The Balaban J connectivity index is 1.96. The summed E-state index contributed by atoms with van der Waals surface area (Å²) in [5.74, 6) is 1.59. The molecule has 0 N–H and O–H groups in total. The second-order valence-corrected chi connectivity index (χ2v) is 4.36. The van der Waals surface area contributed by atoms with Gasteiger partial charge in [-0.05, 0) is 29.8 Å². The molecule has 0 aliphatic rings. The molecular formula is C15H17NO3. The van der Waals surface area contributed by atoms with E-state index in [2.05, 4.69) is 0 Å². The van der Waals surface area contributed by atoms with Crippen molar-refractivity contribution in [1.29, 1.82) is 0 Å². The minimum Gasteiger partial charge on any atom is -0.497 e. The summed E-state index contributed by atoms with van der Waals surface area (Å²) in [4.78, 5) is 13.7. The second-order valence-electron chi connectivity index (χ2n) is 4.36. The molecule has 0 spiro atoms. The van der Waals surface area contributed by atoms with Crippen molar-refractivity contribution in [3.8, 4) is 5.75 Å². The fraction of sp³-hybridized carbons (Fsp3) is 0.267. The van der Waals surface area contributed by atoms with Gasteiger partial charge in [0.15, 0.2) is 0 Å². The number of ether oxygens (including phenoxy) is 1. The highest BCUT2D eigenvalue weighted by Crippen LogP contribution is 2.14. The van der Waals surface area contributed by atoms with E-state index >= 15 is 0 Å². The van der Waals surface area contributed by atoms with Gasteiger partial charge in [0.25, 0.3) is 0 Å². The number of likely N-dealkylation sites (N-methyl/N-ethyl adjacent to an activating group) is 1. The van der Waals surface area contributed by atoms with Crippen molar-refractivity contribution in [2.24, 2.45) is 0 Å². The summed E-state index contributed by atoms with van der Waals surface area (Å²) in [6.07, 6.45) is 1.96. The third kappa shape index (κ3) is 3.61. The van der Waals surface area contributed by atoms with Gasteiger partial charge < -0.3 is 14.1 Å². The maximum absolute atomic E-state index is 12.1. The van der Waals surface area contributed by atoms with Crippen molar-refractivity contribution in [3.63, 3.8) is 0 Å². The molecule has 4 nitrogen and oxygen atoms in total. The predicted octanol–water partition coefficient (Wildman–Crippen LogP) is 2.49. The Hall–Kier alpha value is -2.23. The molecule has 0 saturated heterocycles. The molecule has 1 amide bonds. The Kier molecular flexibility index (Phi) is 4.23. The highest BCUT2D eigenvalue weighted by molar-refractivity contribution is 5.78. The van der Waals surface area contributed by atoms with Crippen molar-refractivity contribution >= 4 is 5.91 Å². The van der Waals surface area contributed by atoms with Crippen LogP contribution < -0.4 is 4.74 Å². The number of carbonyl (C=O) groups is 1. The van der Waals surface area contributed by atoms with Crippen molar-refractivity contribution in [2.45, 2.75) is 13.0 Å². The number of hydrogen-bond acceptors (Lipinski definition) is 3. The van der Waals surface area contributed by atoms with Crippen LogP contribution in [-0.4, -0.2) is 25.0 Å². The third-order valence-electron chi connectivity index (χ3n) is 2.89. The van der Waals surface area contributed by atoms with E-state index in [9.17, 15) is 4.79 Å². The van der Waals surface area contributed by atoms with Crippen LogP contribution in [0, 0.1) is 0 Å². The third-order valence-corrected chi connectivity index (χ3v) is 2.89. The largest absolute Gasteiger partial charge is 0.497 e. The lowest BCUT2D eigenvalue weighted by Crippen LogP contribution is -2.27. The molecule has 0 bridgehead atoms. The van der Waals surface area contributed by atoms with Crippen LogP contribution >= 0.6 is 0 Å². The first kappa shape index (κ1) is 13.2. The molecule has 1 aromatic heterocycles. The average molecular weight is 259 g/mol. The molecule has 0 aliphatic heterocycles. The SMILES string of the molecule is COc1cccc(CC(=O)N(C)Cc2ccco2)c1. The van der Waals surface area contributed by atoms with Gasteiger partial charge in [0.05, 0.1) is 26.3 Å². The molecule has 2 aromatic rings. The first-order valence-corrected chi connectivity index (χ1v) is 6.08. The highest BCUT2D eigenvalue weighted by Gasteiger charge is 2.11. The van der Waals surface area contributed by atoms with E-state index in [1.807, 2.05) is 36.4 Å². The zero-order valence-electron chi connectivity index (χ0n) is 11.1. The van der Waals surface area contributed by atoms with Crippen LogP contribution in [0.5, 0.6) is 5.75 Å². The van der Waals surface area contributed by atoms with Gasteiger partial charge >= 0.3 is 0 Å². The zero-order chi connectivity index (χ0) is 13.7. The van der Waals surface area contributed by atoms with Crippen LogP contribution in [0.15, 0.2) is 47.1 Å². The smallest absolute Gasteiger partial charge is 0.227 e. The number of furan rings is 1. The Morgan fingerprint density at radius 1 is 1.32 bits per heavy atom. The van der Waals surface area contributed by atoms with E-state index in [1.54, 1.807) is 25.3 Å². The first-order chi connectivity index (χ1) is 9.19. The zero-order valence-corrected chi connectivity index (χ0v) is 11.1. The predicted molar refractivity (Wildman–Crippen MR) is 71.9 cm³/mol. The molecule has 2 rings (SSSR count). The summed E-state index contributed by atoms with van der Waals surface area (Å²) < 4.78 is 10.4. The van der Waals surface area contributed by atoms with Crippen LogP contribution in [0.25, 0.3) is 0 Å². The number of hydrogen-bond donors (Lipinski definition) is 0. The molecule has 0 saturated carbocycles. The number of nitrogens with zero attached hydrogens (tertiary/aromatic N) is 1. The van der Waals surface area contributed by atoms with Crippen molar-refractivity contribution in [1.82, 2.24) is 4.90 Å². The van der Waals surface area contributed by atoms with E-state index in [4.69, 9.17) is 9.15 Å². The fourth-order valence-corrected chi connectivity index (χ4v) is 1.82. The van der Waals surface area contributed by atoms with Crippen LogP contribution in [0.1, 0.15) is 11.3 Å². The molecule has 0 aliphatic carbocycles. The molecule has 0 atom stereocenters. The van der Waals surface area contributed by atoms with Gasteiger partial charge in [-0.1, -0.05) is 12.1 Å². The van der Waals surface area contributed by atoms with Gasteiger partial charge in [0, 0.05) is 7.05 Å². The molecule has 19 heavy (non-hydrogen) atoms. The first-order valence-electron chi connectivity index (χ1n) is 6.08. The number of amides is 1. The highest BCUT2D eigenvalue weighted by atomic mass is 16.5. The van der Waals surface area contributed by atoms with E-state index in [0.29, 0.717) is 13.0 Å². The van der Waals surface area contributed by atoms with E-state index in [-0.39, 0.29) is 5.91 Å². The molecule has 1 heterocycles. The summed E-state index contributed by atoms with van der Waals surface area (Å²) in [5, 5.41) is 0. The number of methoxy groups -OCH3 is 1. The van der Waals surface area contributed by atoms with Crippen molar-refractivity contribution in [3.05, 3.63) is 54.0 Å². The van der Waals surface area contributed by atoms with E-state index in [0.717, 1.165) is 17.1 Å². The average Bonchev–Trinajstić information content (AvgIpc) is 2.91. The van der Waals surface area contributed by atoms with Crippen LogP contribution in [0.3, 0.4) is 0 Å². The lowest BCUT2D eigenvalue weighted by molar-refractivity contribution is -0.129. The number of benzene rings is 1. The minimum atomic E-state index is 0.0460. The Bertz CT molecular complexity index is 534. The fourth-order valence-electron chi connectivity index (χ4n) is 1.82. The quantitative estimate of drug-likeness (QED) is 0.828. The molecule has 4 heteroatoms. The maximum atomic E-state index is 12.1. The van der Waals surface area contributed by atoms with Crippen LogP contribution in [0.2, 0.25) is 0 Å². The normalized spacial score (nSPS) is 10.2.